The van der Waals surface area contributed by atoms with Gasteiger partial charge in [0.1, 0.15) is 5.75 Å². The van der Waals surface area contributed by atoms with Crippen molar-refractivity contribution in [1.29, 1.82) is 0 Å². The second-order valence-electron chi connectivity index (χ2n) is 6.44. The molecular weight excluding hydrogens is 298 g/mol. The number of ether oxygens (including phenoxy) is 1. The van der Waals surface area contributed by atoms with E-state index in [0.717, 1.165) is 28.9 Å². The molecule has 24 heavy (non-hydrogen) atoms. The van der Waals surface area contributed by atoms with Gasteiger partial charge in [-0.15, -0.1) is 0 Å². The van der Waals surface area contributed by atoms with Crippen molar-refractivity contribution in [3.63, 3.8) is 0 Å². The average molecular weight is 325 g/mol. The van der Waals surface area contributed by atoms with Crippen LogP contribution in [0, 0.1) is 20.8 Å². The lowest BCUT2D eigenvalue weighted by Gasteiger charge is -2.16. The zero-order chi connectivity index (χ0) is 17.7. The number of methoxy groups -OCH3 is 1. The quantitative estimate of drug-likeness (QED) is 0.853. The van der Waals surface area contributed by atoms with E-state index in [1.54, 1.807) is 7.11 Å². The fourth-order valence-corrected chi connectivity index (χ4v) is 2.78. The Morgan fingerprint density at radius 1 is 1.04 bits per heavy atom. The summed E-state index contributed by atoms with van der Waals surface area (Å²) in [5, 5.41) is 3.09. The van der Waals surface area contributed by atoms with Gasteiger partial charge < -0.3 is 10.1 Å². The van der Waals surface area contributed by atoms with Crippen molar-refractivity contribution >= 4 is 5.91 Å². The molecule has 0 bridgehead atoms. The minimum absolute atomic E-state index is 0.0226. The summed E-state index contributed by atoms with van der Waals surface area (Å²) < 4.78 is 5.27. The molecule has 3 nitrogen and oxygen atoms in total. The molecule has 2 aromatic rings. The van der Waals surface area contributed by atoms with E-state index in [4.69, 9.17) is 4.74 Å². The molecule has 0 saturated carbocycles. The van der Waals surface area contributed by atoms with Gasteiger partial charge in [0, 0.05) is 6.42 Å². The normalized spacial score (nSPS) is 11.9. The van der Waals surface area contributed by atoms with E-state index in [1.807, 2.05) is 26.0 Å². The lowest BCUT2D eigenvalue weighted by molar-refractivity contribution is -0.121. The van der Waals surface area contributed by atoms with E-state index in [-0.39, 0.29) is 11.9 Å². The smallest absolute Gasteiger partial charge is 0.220 e. The fraction of sp³-hybridized carbons (Fsp3) is 0.381. The van der Waals surface area contributed by atoms with Crippen LogP contribution in [0.1, 0.15) is 47.2 Å². The Morgan fingerprint density at radius 3 is 2.42 bits per heavy atom. The van der Waals surface area contributed by atoms with Gasteiger partial charge in [-0.3, -0.25) is 4.79 Å². The van der Waals surface area contributed by atoms with Gasteiger partial charge in [0.2, 0.25) is 5.91 Å². The van der Waals surface area contributed by atoms with E-state index in [0.29, 0.717) is 6.42 Å². The largest absolute Gasteiger partial charge is 0.496 e. The van der Waals surface area contributed by atoms with Gasteiger partial charge in [0.15, 0.2) is 0 Å². The van der Waals surface area contributed by atoms with Crippen LogP contribution in [0.25, 0.3) is 0 Å². The monoisotopic (exact) mass is 325 g/mol. The molecule has 0 spiro atoms. The van der Waals surface area contributed by atoms with Gasteiger partial charge in [0.25, 0.3) is 0 Å². The minimum Gasteiger partial charge on any atom is -0.496 e. The molecule has 1 unspecified atom stereocenters. The van der Waals surface area contributed by atoms with Crippen LogP contribution in [0.3, 0.4) is 0 Å². The van der Waals surface area contributed by atoms with Crippen LogP contribution in [0.4, 0.5) is 0 Å². The van der Waals surface area contributed by atoms with E-state index in [2.05, 4.69) is 43.4 Å². The highest BCUT2D eigenvalue weighted by molar-refractivity contribution is 5.76. The molecule has 3 heteroatoms. The summed E-state index contributed by atoms with van der Waals surface area (Å²) in [5.74, 6) is 0.959. The van der Waals surface area contributed by atoms with Gasteiger partial charge in [-0.05, 0) is 68.0 Å². The molecule has 1 atom stereocenters. The van der Waals surface area contributed by atoms with Crippen molar-refractivity contribution in [1.82, 2.24) is 5.32 Å². The highest BCUT2D eigenvalue weighted by Gasteiger charge is 2.11. The van der Waals surface area contributed by atoms with Gasteiger partial charge in [-0.25, -0.2) is 0 Å². The third-order valence-corrected chi connectivity index (χ3v) is 4.51. The Morgan fingerprint density at radius 2 is 1.79 bits per heavy atom. The zero-order valence-electron chi connectivity index (χ0n) is 15.3. The fourth-order valence-electron chi connectivity index (χ4n) is 2.78. The van der Waals surface area contributed by atoms with Crippen molar-refractivity contribution < 1.29 is 9.53 Å². The van der Waals surface area contributed by atoms with Crippen LogP contribution in [0.5, 0.6) is 5.75 Å². The van der Waals surface area contributed by atoms with Crippen LogP contribution in [-0.2, 0) is 11.2 Å². The summed E-state index contributed by atoms with van der Waals surface area (Å²) in [7, 11) is 1.67. The van der Waals surface area contributed by atoms with Gasteiger partial charge in [-0.1, -0.05) is 30.3 Å². The second-order valence-corrected chi connectivity index (χ2v) is 6.44. The highest BCUT2D eigenvalue weighted by Crippen LogP contribution is 2.20. The van der Waals surface area contributed by atoms with Crippen LogP contribution >= 0.6 is 0 Å². The topological polar surface area (TPSA) is 38.3 Å². The first kappa shape index (κ1) is 18.1. The molecule has 2 aromatic carbocycles. The maximum absolute atomic E-state index is 12.2. The summed E-state index contributed by atoms with van der Waals surface area (Å²) in [6, 6.07) is 12.4. The lowest BCUT2D eigenvalue weighted by atomic mass is 10.0. The molecule has 1 N–H and O–H groups in total. The molecule has 0 aliphatic carbocycles. The summed E-state index contributed by atoms with van der Waals surface area (Å²) in [5.41, 5.74) is 5.92. The SMILES string of the molecule is COc1ccc(CCC(=O)NC(C)c2ccc(C)c(C)c2)cc1C. The predicted molar refractivity (Wildman–Crippen MR) is 98.5 cm³/mol. The van der Waals surface area contributed by atoms with Crippen molar-refractivity contribution in [2.45, 2.75) is 46.6 Å². The summed E-state index contributed by atoms with van der Waals surface area (Å²) in [6.45, 7) is 8.24. The number of benzene rings is 2. The molecule has 1 amide bonds. The number of rotatable bonds is 6. The first-order chi connectivity index (χ1) is 11.4. The number of carbonyl (C=O) groups excluding carboxylic acids is 1. The zero-order valence-corrected chi connectivity index (χ0v) is 15.3. The van der Waals surface area contributed by atoms with Crippen molar-refractivity contribution in [2.75, 3.05) is 7.11 Å². The Hall–Kier alpha value is -2.29. The Balaban J connectivity index is 1.90. The Labute approximate surface area is 145 Å². The minimum atomic E-state index is 0.0226. The van der Waals surface area contributed by atoms with Gasteiger partial charge in [-0.2, -0.15) is 0 Å². The predicted octanol–water partition coefficient (Wildman–Crippen LogP) is 4.43. The third-order valence-electron chi connectivity index (χ3n) is 4.51. The summed E-state index contributed by atoms with van der Waals surface area (Å²) in [4.78, 5) is 12.2. The number of amides is 1. The molecule has 0 saturated heterocycles. The Kier molecular flexibility index (Phi) is 6.02. The molecule has 0 aliphatic heterocycles. The third kappa shape index (κ3) is 4.60. The first-order valence-corrected chi connectivity index (χ1v) is 8.40. The van der Waals surface area contributed by atoms with Crippen molar-refractivity contribution in [3.05, 3.63) is 64.2 Å². The molecule has 0 aliphatic rings. The standard InChI is InChI=1S/C21H27NO2/c1-14-6-9-19(13-15(14)2)17(4)22-21(23)11-8-18-7-10-20(24-5)16(3)12-18/h6-7,9-10,12-13,17H,8,11H2,1-5H3,(H,22,23). The molecule has 0 fully saturated rings. The number of hydrogen-bond acceptors (Lipinski definition) is 2. The molecular formula is C21H27NO2. The maximum Gasteiger partial charge on any atom is 0.220 e. The number of nitrogens with one attached hydrogen (secondary N) is 1. The average Bonchev–Trinajstić information content (AvgIpc) is 2.55. The van der Waals surface area contributed by atoms with Crippen LogP contribution < -0.4 is 10.1 Å². The van der Waals surface area contributed by atoms with Crippen LogP contribution in [0.15, 0.2) is 36.4 Å². The van der Waals surface area contributed by atoms with Crippen LogP contribution in [0.2, 0.25) is 0 Å². The van der Waals surface area contributed by atoms with E-state index < -0.39 is 0 Å². The van der Waals surface area contributed by atoms with E-state index in [9.17, 15) is 4.79 Å². The van der Waals surface area contributed by atoms with Gasteiger partial charge >= 0.3 is 0 Å². The van der Waals surface area contributed by atoms with E-state index >= 15 is 0 Å². The molecule has 0 radical (unpaired) electrons. The second kappa shape index (κ2) is 8.00. The Bertz CT molecular complexity index is 722. The first-order valence-electron chi connectivity index (χ1n) is 8.40. The van der Waals surface area contributed by atoms with Crippen molar-refractivity contribution in [2.24, 2.45) is 0 Å². The number of carbonyl (C=O) groups is 1. The highest BCUT2D eigenvalue weighted by atomic mass is 16.5. The van der Waals surface area contributed by atoms with E-state index in [1.165, 1.54) is 11.1 Å². The molecule has 2 rings (SSSR count). The van der Waals surface area contributed by atoms with Crippen LogP contribution in [-0.4, -0.2) is 13.0 Å². The summed E-state index contributed by atoms with van der Waals surface area (Å²) in [6.07, 6.45) is 1.22. The lowest BCUT2D eigenvalue weighted by Crippen LogP contribution is -2.26. The van der Waals surface area contributed by atoms with Crippen molar-refractivity contribution in [3.8, 4) is 5.75 Å². The number of hydrogen-bond donors (Lipinski definition) is 1. The maximum atomic E-state index is 12.2. The summed E-state index contributed by atoms with van der Waals surface area (Å²) >= 11 is 0. The molecule has 0 aromatic heterocycles. The molecule has 0 heterocycles. The number of aryl methyl sites for hydroxylation is 4. The van der Waals surface area contributed by atoms with Gasteiger partial charge in [0.05, 0.1) is 13.2 Å². The molecule has 128 valence electrons.